The molecule has 0 bridgehead atoms. The fourth-order valence-electron chi connectivity index (χ4n) is 3.39. The van der Waals surface area contributed by atoms with Crippen LogP contribution in [0.1, 0.15) is 17.2 Å². The Balaban J connectivity index is 2.03. The number of Topliss-reactive ketones (excluding diaryl/α,β-unsaturated/α-hetero) is 1. The van der Waals surface area contributed by atoms with Crippen molar-refractivity contribution in [2.75, 3.05) is 26.2 Å². The Morgan fingerprint density at radius 1 is 1.07 bits per heavy atom. The molecular weight excluding hydrogens is 390 g/mol. The van der Waals surface area contributed by atoms with Gasteiger partial charge in [-0.25, -0.2) is 0 Å². The topological polar surface area (TPSA) is 133 Å². The van der Waals surface area contributed by atoms with E-state index in [0.29, 0.717) is 18.7 Å². The molecule has 0 aromatic heterocycles. The van der Waals surface area contributed by atoms with Gasteiger partial charge < -0.3 is 20.4 Å². The van der Waals surface area contributed by atoms with Gasteiger partial charge in [0, 0.05) is 37.3 Å². The van der Waals surface area contributed by atoms with Gasteiger partial charge in [0.1, 0.15) is 5.76 Å². The molecule has 156 valence electrons. The Hall–Kier alpha value is -3.56. The molecule has 0 saturated carbocycles. The van der Waals surface area contributed by atoms with Crippen molar-refractivity contribution in [2.24, 2.45) is 0 Å². The van der Waals surface area contributed by atoms with Gasteiger partial charge in [-0.15, -0.1) is 0 Å². The van der Waals surface area contributed by atoms with Crippen LogP contribution in [0.25, 0.3) is 5.76 Å². The van der Waals surface area contributed by atoms with Crippen molar-refractivity contribution >= 4 is 23.1 Å². The number of non-ortho nitro benzene ring substituents is 1. The summed E-state index contributed by atoms with van der Waals surface area (Å²) < 4.78 is 0. The monoisotopic (exact) mass is 411 g/mol. The van der Waals surface area contributed by atoms with Crippen LogP contribution >= 0.6 is 0 Å². The summed E-state index contributed by atoms with van der Waals surface area (Å²) in [4.78, 5) is 37.2. The molecule has 1 unspecified atom stereocenters. The lowest BCUT2D eigenvalue weighted by atomic mass is 9.95. The molecule has 2 aromatic rings. The Bertz CT molecular complexity index is 972. The summed E-state index contributed by atoms with van der Waals surface area (Å²) in [6, 6.07) is 13.2. The molecule has 1 aliphatic heterocycles. The maximum Gasteiger partial charge on any atom is 0.295 e. The number of ketones is 1. The molecule has 0 aliphatic carbocycles. The molecule has 2 aromatic carbocycles. The molecule has 3 N–H and O–H groups in total. The fourth-order valence-corrected chi connectivity index (χ4v) is 3.39. The van der Waals surface area contributed by atoms with E-state index in [2.05, 4.69) is 5.32 Å². The fraction of sp³-hybridized carbons (Fsp3) is 0.238. The first-order valence-electron chi connectivity index (χ1n) is 9.35. The summed E-state index contributed by atoms with van der Waals surface area (Å²) in [5.41, 5.74) is 0.643. The second-order valence-corrected chi connectivity index (χ2v) is 6.68. The number of likely N-dealkylation sites (tertiary alicyclic amines) is 1. The maximum atomic E-state index is 12.8. The smallest absolute Gasteiger partial charge is 0.295 e. The number of carbonyl (C=O) groups excluding carboxylic acids is 2. The zero-order valence-corrected chi connectivity index (χ0v) is 16.0. The summed E-state index contributed by atoms with van der Waals surface area (Å²) in [6.07, 6.45) is 0. The maximum absolute atomic E-state index is 12.8. The molecule has 1 heterocycles. The van der Waals surface area contributed by atoms with Gasteiger partial charge in [0.2, 0.25) is 0 Å². The SMILES string of the molecule is O=C1C(=O)N(CCNCCO)C(c2ccccc2)/C1=C(/O)c1ccc([N+](=O)[O-])cc1. The van der Waals surface area contributed by atoms with E-state index in [1.165, 1.54) is 29.2 Å². The van der Waals surface area contributed by atoms with E-state index in [9.17, 15) is 24.8 Å². The molecule has 9 heteroatoms. The largest absolute Gasteiger partial charge is 0.507 e. The van der Waals surface area contributed by atoms with E-state index < -0.39 is 22.7 Å². The van der Waals surface area contributed by atoms with Crippen molar-refractivity contribution in [3.05, 3.63) is 81.4 Å². The summed E-state index contributed by atoms with van der Waals surface area (Å²) in [5.74, 6) is -1.94. The van der Waals surface area contributed by atoms with E-state index in [1.54, 1.807) is 30.3 Å². The zero-order valence-electron chi connectivity index (χ0n) is 16.0. The second-order valence-electron chi connectivity index (χ2n) is 6.68. The molecule has 3 rings (SSSR count). The molecule has 1 saturated heterocycles. The normalized spacial score (nSPS) is 18.0. The third-order valence-electron chi connectivity index (χ3n) is 4.82. The van der Waals surface area contributed by atoms with E-state index >= 15 is 0 Å². The Kier molecular flexibility index (Phi) is 6.55. The number of benzene rings is 2. The van der Waals surface area contributed by atoms with Crippen LogP contribution in [0.5, 0.6) is 0 Å². The molecule has 1 amide bonds. The number of rotatable bonds is 8. The van der Waals surface area contributed by atoms with E-state index in [1.807, 2.05) is 0 Å². The van der Waals surface area contributed by atoms with Crippen molar-refractivity contribution in [2.45, 2.75) is 6.04 Å². The number of nitrogens with zero attached hydrogens (tertiary/aromatic N) is 2. The highest BCUT2D eigenvalue weighted by molar-refractivity contribution is 6.46. The highest BCUT2D eigenvalue weighted by Crippen LogP contribution is 2.39. The lowest BCUT2D eigenvalue weighted by Crippen LogP contribution is -2.36. The molecule has 0 spiro atoms. The standard InChI is InChI=1S/C21H21N3O6/c25-13-11-22-10-12-23-18(14-4-2-1-3-5-14)17(20(27)21(23)28)19(26)15-6-8-16(9-7-15)24(29)30/h1-9,18,22,25-26H,10-13H2/b19-17-. The highest BCUT2D eigenvalue weighted by Gasteiger charge is 2.45. The second kappa shape index (κ2) is 9.29. The van der Waals surface area contributed by atoms with Crippen LogP contribution in [0.3, 0.4) is 0 Å². The number of nitro benzene ring substituents is 1. The van der Waals surface area contributed by atoms with Gasteiger partial charge in [0.05, 0.1) is 23.1 Å². The van der Waals surface area contributed by atoms with Crippen molar-refractivity contribution in [3.8, 4) is 0 Å². The van der Waals surface area contributed by atoms with Gasteiger partial charge in [-0.3, -0.25) is 19.7 Å². The molecule has 1 atom stereocenters. The summed E-state index contributed by atoms with van der Waals surface area (Å²) in [5, 5.41) is 33.6. The lowest BCUT2D eigenvalue weighted by Gasteiger charge is -2.25. The van der Waals surface area contributed by atoms with Gasteiger partial charge in [0.25, 0.3) is 17.4 Å². The predicted octanol–water partition coefficient (Wildman–Crippen LogP) is 1.60. The highest BCUT2D eigenvalue weighted by atomic mass is 16.6. The molecule has 9 nitrogen and oxygen atoms in total. The van der Waals surface area contributed by atoms with Crippen LogP contribution in [0.4, 0.5) is 5.69 Å². The molecule has 1 fully saturated rings. The number of carbonyl (C=O) groups is 2. The van der Waals surface area contributed by atoms with E-state index in [4.69, 9.17) is 5.11 Å². The Labute approximate surface area is 172 Å². The van der Waals surface area contributed by atoms with Crippen molar-refractivity contribution in [1.29, 1.82) is 0 Å². The Morgan fingerprint density at radius 3 is 2.33 bits per heavy atom. The number of nitro groups is 1. The van der Waals surface area contributed by atoms with Gasteiger partial charge in [-0.1, -0.05) is 30.3 Å². The first-order valence-corrected chi connectivity index (χ1v) is 9.35. The van der Waals surface area contributed by atoms with Crippen LogP contribution in [0, 0.1) is 10.1 Å². The summed E-state index contributed by atoms with van der Waals surface area (Å²) >= 11 is 0. The summed E-state index contributed by atoms with van der Waals surface area (Å²) in [7, 11) is 0. The molecule has 0 radical (unpaired) electrons. The van der Waals surface area contributed by atoms with Crippen molar-refractivity contribution in [1.82, 2.24) is 10.2 Å². The van der Waals surface area contributed by atoms with Gasteiger partial charge in [-0.2, -0.15) is 0 Å². The van der Waals surface area contributed by atoms with Crippen molar-refractivity contribution in [3.63, 3.8) is 0 Å². The average Bonchev–Trinajstić information content (AvgIpc) is 3.01. The summed E-state index contributed by atoms with van der Waals surface area (Å²) in [6.45, 7) is 0.847. The van der Waals surface area contributed by atoms with E-state index in [-0.39, 0.29) is 35.7 Å². The van der Waals surface area contributed by atoms with Gasteiger partial charge in [-0.05, 0) is 17.7 Å². The van der Waals surface area contributed by atoms with Crippen LogP contribution in [0.2, 0.25) is 0 Å². The minimum atomic E-state index is -0.818. The van der Waals surface area contributed by atoms with Crippen LogP contribution in [-0.4, -0.2) is 58.0 Å². The van der Waals surface area contributed by atoms with Crippen LogP contribution in [-0.2, 0) is 9.59 Å². The van der Waals surface area contributed by atoms with Crippen LogP contribution < -0.4 is 5.32 Å². The number of aliphatic hydroxyl groups is 2. The van der Waals surface area contributed by atoms with Crippen LogP contribution in [0.15, 0.2) is 60.2 Å². The minimum Gasteiger partial charge on any atom is -0.507 e. The average molecular weight is 411 g/mol. The lowest BCUT2D eigenvalue weighted by molar-refractivity contribution is -0.384. The number of aliphatic hydroxyl groups excluding tert-OH is 2. The van der Waals surface area contributed by atoms with Crippen molar-refractivity contribution < 1.29 is 24.7 Å². The first kappa shape index (κ1) is 21.2. The number of hydrogen-bond donors (Lipinski definition) is 3. The third kappa shape index (κ3) is 4.22. The first-order chi connectivity index (χ1) is 14.5. The Morgan fingerprint density at radius 2 is 1.73 bits per heavy atom. The van der Waals surface area contributed by atoms with E-state index in [0.717, 1.165) is 0 Å². The zero-order chi connectivity index (χ0) is 21.7. The molecular formula is C21H21N3O6. The molecule has 30 heavy (non-hydrogen) atoms. The quantitative estimate of drug-likeness (QED) is 0.150. The number of nitrogens with one attached hydrogen (secondary N) is 1. The minimum absolute atomic E-state index is 0.0545. The third-order valence-corrected chi connectivity index (χ3v) is 4.82. The van der Waals surface area contributed by atoms with Gasteiger partial charge in [0.15, 0.2) is 0 Å². The number of amides is 1. The number of hydrogen-bond acceptors (Lipinski definition) is 7. The predicted molar refractivity (Wildman–Crippen MR) is 109 cm³/mol. The van der Waals surface area contributed by atoms with Gasteiger partial charge >= 0.3 is 0 Å². The molecule has 1 aliphatic rings.